The normalized spacial score (nSPS) is 15.0. The minimum Gasteiger partial charge on any atom is -0.399 e. The number of ether oxygens (including phenoxy) is 1. The van der Waals surface area contributed by atoms with Crippen molar-refractivity contribution in [1.82, 2.24) is 9.97 Å². The number of hydrogen-bond acceptors (Lipinski definition) is 6. The molecule has 1 aliphatic rings. The first-order valence-electron chi connectivity index (χ1n) is 7.02. The highest BCUT2D eigenvalue weighted by molar-refractivity contribution is 5.63. The van der Waals surface area contributed by atoms with Gasteiger partial charge in [-0.05, 0) is 25.1 Å². The molecule has 0 unspecified atom stereocenters. The Kier molecular flexibility index (Phi) is 3.87. The SMILES string of the molecule is Cc1nc(Nc2cccc(N)c2)cc(N2CCOCC2)n1. The number of rotatable bonds is 3. The van der Waals surface area contributed by atoms with Gasteiger partial charge in [-0.15, -0.1) is 0 Å². The molecule has 1 saturated heterocycles. The number of hydrogen-bond donors (Lipinski definition) is 2. The van der Waals surface area contributed by atoms with E-state index < -0.39 is 0 Å². The molecule has 1 aliphatic heterocycles. The second-order valence-corrected chi connectivity index (χ2v) is 5.01. The fourth-order valence-electron chi connectivity index (χ4n) is 2.33. The molecule has 0 atom stereocenters. The predicted molar refractivity (Wildman–Crippen MR) is 83.9 cm³/mol. The summed E-state index contributed by atoms with van der Waals surface area (Å²) in [4.78, 5) is 11.2. The Balaban J connectivity index is 1.83. The van der Waals surface area contributed by atoms with Crippen LogP contribution in [0, 0.1) is 6.92 Å². The minimum absolute atomic E-state index is 0.721. The molecule has 6 nitrogen and oxygen atoms in total. The minimum atomic E-state index is 0.721. The van der Waals surface area contributed by atoms with Crippen molar-refractivity contribution >= 4 is 23.0 Å². The number of aromatic nitrogens is 2. The van der Waals surface area contributed by atoms with Crippen molar-refractivity contribution in [1.29, 1.82) is 0 Å². The van der Waals surface area contributed by atoms with Crippen molar-refractivity contribution in [3.05, 3.63) is 36.2 Å². The number of aryl methyl sites for hydroxylation is 1. The molecule has 110 valence electrons. The van der Waals surface area contributed by atoms with Crippen LogP contribution in [0.2, 0.25) is 0 Å². The molecular formula is C15H19N5O. The standard InChI is InChI=1S/C15H19N5O/c1-11-17-14(19-13-4-2-3-12(16)9-13)10-15(18-11)20-5-7-21-8-6-20/h2-4,9-10H,5-8,16H2,1H3,(H,17,18,19). The van der Waals surface area contributed by atoms with E-state index in [1.54, 1.807) is 0 Å². The van der Waals surface area contributed by atoms with E-state index in [0.717, 1.165) is 55.1 Å². The van der Waals surface area contributed by atoms with Gasteiger partial charge in [0.1, 0.15) is 17.5 Å². The molecule has 0 amide bonds. The van der Waals surface area contributed by atoms with Crippen LogP contribution in [0.5, 0.6) is 0 Å². The lowest BCUT2D eigenvalue weighted by Crippen LogP contribution is -2.36. The van der Waals surface area contributed by atoms with E-state index >= 15 is 0 Å². The Morgan fingerprint density at radius 3 is 2.76 bits per heavy atom. The zero-order chi connectivity index (χ0) is 14.7. The van der Waals surface area contributed by atoms with Gasteiger partial charge in [0.05, 0.1) is 13.2 Å². The fourth-order valence-corrected chi connectivity index (χ4v) is 2.33. The summed E-state index contributed by atoms with van der Waals surface area (Å²) < 4.78 is 5.38. The van der Waals surface area contributed by atoms with E-state index in [1.807, 2.05) is 37.3 Å². The molecule has 6 heteroatoms. The molecule has 3 N–H and O–H groups in total. The van der Waals surface area contributed by atoms with Crippen LogP contribution in [0.1, 0.15) is 5.82 Å². The number of nitrogens with two attached hydrogens (primary N) is 1. The maximum Gasteiger partial charge on any atom is 0.136 e. The van der Waals surface area contributed by atoms with E-state index in [0.29, 0.717) is 0 Å². The van der Waals surface area contributed by atoms with Crippen LogP contribution < -0.4 is 16.0 Å². The van der Waals surface area contributed by atoms with Crippen LogP contribution in [0.25, 0.3) is 0 Å². The lowest BCUT2D eigenvalue weighted by Gasteiger charge is -2.28. The second kappa shape index (κ2) is 5.97. The first-order valence-corrected chi connectivity index (χ1v) is 7.02. The summed E-state index contributed by atoms with van der Waals surface area (Å²) in [5, 5.41) is 3.28. The lowest BCUT2D eigenvalue weighted by atomic mass is 10.3. The zero-order valence-corrected chi connectivity index (χ0v) is 12.0. The molecule has 1 aromatic heterocycles. The third-order valence-corrected chi connectivity index (χ3v) is 3.32. The molecule has 0 bridgehead atoms. The van der Waals surface area contributed by atoms with E-state index in [2.05, 4.69) is 20.2 Å². The van der Waals surface area contributed by atoms with Crippen molar-refractivity contribution in [2.24, 2.45) is 0 Å². The first-order chi connectivity index (χ1) is 10.2. The number of nitrogen functional groups attached to an aromatic ring is 1. The summed E-state index contributed by atoms with van der Waals surface area (Å²) in [5.74, 6) is 2.44. The van der Waals surface area contributed by atoms with Crippen LogP contribution in [0.4, 0.5) is 23.0 Å². The molecule has 0 radical (unpaired) electrons. The summed E-state index contributed by atoms with van der Waals surface area (Å²) in [5.41, 5.74) is 7.43. The smallest absolute Gasteiger partial charge is 0.136 e. The Morgan fingerprint density at radius 2 is 2.00 bits per heavy atom. The quantitative estimate of drug-likeness (QED) is 0.839. The number of nitrogens with zero attached hydrogens (tertiary/aromatic N) is 3. The van der Waals surface area contributed by atoms with Crippen LogP contribution >= 0.6 is 0 Å². The summed E-state index contributed by atoms with van der Waals surface area (Å²) in [6, 6.07) is 9.57. The van der Waals surface area contributed by atoms with Gasteiger partial charge in [-0.25, -0.2) is 9.97 Å². The van der Waals surface area contributed by atoms with Gasteiger partial charge in [0, 0.05) is 30.5 Å². The van der Waals surface area contributed by atoms with Crippen LogP contribution in [0.3, 0.4) is 0 Å². The highest BCUT2D eigenvalue weighted by Gasteiger charge is 2.14. The van der Waals surface area contributed by atoms with Crippen molar-refractivity contribution in [3.8, 4) is 0 Å². The van der Waals surface area contributed by atoms with Crippen LogP contribution in [-0.4, -0.2) is 36.3 Å². The number of anilines is 4. The molecule has 0 saturated carbocycles. The summed E-state index contributed by atoms with van der Waals surface area (Å²) in [6.07, 6.45) is 0. The fraction of sp³-hybridized carbons (Fsp3) is 0.333. The van der Waals surface area contributed by atoms with Gasteiger partial charge in [0.2, 0.25) is 0 Å². The Hall–Kier alpha value is -2.34. The van der Waals surface area contributed by atoms with E-state index in [4.69, 9.17) is 10.5 Å². The van der Waals surface area contributed by atoms with Gasteiger partial charge in [-0.2, -0.15) is 0 Å². The number of morpholine rings is 1. The molecular weight excluding hydrogens is 266 g/mol. The third kappa shape index (κ3) is 3.41. The molecule has 1 aromatic carbocycles. The highest BCUT2D eigenvalue weighted by atomic mass is 16.5. The van der Waals surface area contributed by atoms with Crippen LogP contribution in [-0.2, 0) is 4.74 Å². The van der Waals surface area contributed by atoms with Gasteiger partial charge in [-0.1, -0.05) is 6.07 Å². The van der Waals surface area contributed by atoms with Gasteiger partial charge in [0.25, 0.3) is 0 Å². The maximum absolute atomic E-state index is 5.79. The molecule has 0 aliphatic carbocycles. The summed E-state index contributed by atoms with van der Waals surface area (Å²) in [7, 11) is 0. The molecule has 2 heterocycles. The first kappa shape index (κ1) is 13.6. The molecule has 2 aromatic rings. The van der Waals surface area contributed by atoms with Crippen molar-refractivity contribution in [3.63, 3.8) is 0 Å². The molecule has 1 fully saturated rings. The van der Waals surface area contributed by atoms with Gasteiger partial charge >= 0.3 is 0 Å². The number of nitrogens with one attached hydrogen (secondary N) is 1. The molecule has 0 spiro atoms. The Labute approximate surface area is 124 Å². The number of benzene rings is 1. The van der Waals surface area contributed by atoms with E-state index in [1.165, 1.54) is 0 Å². The molecule has 3 rings (SSSR count). The lowest BCUT2D eigenvalue weighted by molar-refractivity contribution is 0.122. The van der Waals surface area contributed by atoms with Gasteiger partial charge in [0.15, 0.2) is 0 Å². The highest BCUT2D eigenvalue weighted by Crippen LogP contribution is 2.21. The van der Waals surface area contributed by atoms with Crippen molar-refractivity contribution in [2.45, 2.75) is 6.92 Å². The Bertz CT molecular complexity index is 625. The average Bonchev–Trinajstić information content (AvgIpc) is 2.47. The largest absolute Gasteiger partial charge is 0.399 e. The van der Waals surface area contributed by atoms with E-state index in [9.17, 15) is 0 Å². The van der Waals surface area contributed by atoms with Gasteiger partial charge in [-0.3, -0.25) is 0 Å². The van der Waals surface area contributed by atoms with Crippen molar-refractivity contribution in [2.75, 3.05) is 42.3 Å². The van der Waals surface area contributed by atoms with E-state index in [-0.39, 0.29) is 0 Å². The zero-order valence-electron chi connectivity index (χ0n) is 12.0. The predicted octanol–water partition coefficient (Wildman–Crippen LogP) is 1.95. The second-order valence-electron chi connectivity index (χ2n) is 5.01. The summed E-state index contributed by atoms with van der Waals surface area (Å²) >= 11 is 0. The average molecular weight is 285 g/mol. The third-order valence-electron chi connectivity index (χ3n) is 3.32. The maximum atomic E-state index is 5.79. The monoisotopic (exact) mass is 285 g/mol. The summed E-state index contributed by atoms with van der Waals surface area (Å²) in [6.45, 7) is 5.08. The van der Waals surface area contributed by atoms with Gasteiger partial charge < -0.3 is 20.7 Å². The Morgan fingerprint density at radius 1 is 1.19 bits per heavy atom. The topological polar surface area (TPSA) is 76.3 Å². The molecule has 21 heavy (non-hydrogen) atoms. The van der Waals surface area contributed by atoms with Crippen LogP contribution in [0.15, 0.2) is 30.3 Å². The van der Waals surface area contributed by atoms with Crippen molar-refractivity contribution < 1.29 is 4.74 Å².